The van der Waals surface area contributed by atoms with Gasteiger partial charge in [-0.25, -0.2) is 0 Å². The van der Waals surface area contributed by atoms with Gasteiger partial charge >= 0.3 is 0 Å². The zero-order valence-corrected chi connectivity index (χ0v) is 19.9. The van der Waals surface area contributed by atoms with Crippen LogP contribution in [-0.2, 0) is 4.79 Å². The molecule has 0 heterocycles. The van der Waals surface area contributed by atoms with Crippen LogP contribution in [0, 0.1) is 46.3 Å². The Morgan fingerprint density at radius 1 is 1.13 bits per heavy atom. The fourth-order valence-electron chi connectivity index (χ4n) is 8.56. The van der Waals surface area contributed by atoms with Crippen molar-refractivity contribution in [1.82, 2.24) is 0 Å². The van der Waals surface area contributed by atoms with E-state index in [9.17, 15) is 15.0 Å². The SMILES string of the molecule is CC(C)C(=O)CC[C@@H](C)[C@H]1C(O)C[C@H]2[C@@H]3CC=C4C[C@@H](O)CC[C@]4(C)[C@H]3CC[C@]12C. The summed E-state index contributed by atoms with van der Waals surface area (Å²) >= 11 is 0. The number of aliphatic hydroxyl groups excluding tert-OH is 2. The maximum atomic E-state index is 12.2. The molecule has 3 saturated carbocycles. The molecule has 3 fully saturated rings. The van der Waals surface area contributed by atoms with E-state index in [4.69, 9.17) is 0 Å². The van der Waals surface area contributed by atoms with E-state index >= 15 is 0 Å². The van der Waals surface area contributed by atoms with E-state index in [2.05, 4.69) is 26.8 Å². The van der Waals surface area contributed by atoms with E-state index in [1.807, 2.05) is 13.8 Å². The van der Waals surface area contributed by atoms with Gasteiger partial charge in [-0.15, -0.1) is 0 Å². The summed E-state index contributed by atoms with van der Waals surface area (Å²) in [5.41, 5.74) is 1.96. The summed E-state index contributed by atoms with van der Waals surface area (Å²) in [6.07, 6.45) is 11.1. The van der Waals surface area contributed by atoms with Crippen molar-refractivity contribution in [1.29, 1.82) is 0 Å². The van der Waals surface area contributed by atoms with Gasteiger partial charge in [-0.3, -0.25) is 4.79 Å². The minimum atomic E-state index is -0.228. The van der Waals surface area contributed by atoms with E-state index in [1.54, 1.807) is 0 Å². The molecule has 1 unspecified atom stereocenters. The highest BCUT2D eigenvalue weighted by Gasteiger charge is 2.61. The van der Waals surface area contributed by atoms with Crippen LogP contribution in [0.2, 0.25) is 0 Å². The minimum absolute atomic E-state index is 0.113. The molecule has 0 amide bonds. The van der Waals surface area contributed by atoms with E-state index < -0.39 is 0 Å². The van der Waals surface area contributed by atoms with E-state index in [1.165, 1.54) is 18.4 Å². The molecule has 170 valence electrons. The molecule has 4 aliphatic rings. The predicted molar refractivity (Wildman–Crippen MR) is 121 cm³/mol. The molecule has 0 bridgehead atoms. The second-order valence-electron chi connectivity index (χ2n) is 12.2. The first-order valence-corrected chi connectivity index (χ1v) is 12.7. The number of carbonyl (C=O) groups excluding carboxylic acids is 1. The molecule has 4 rings (SSSR count). The van der Waals surface area contributed by atoms with Crippen LogP contribution in [0.3, 0.4) is 0 Å². The highest BCUT2D eigenvalue weighted by molar-refractivity contribution is 5.80. The first-order chi connectivity index (χ1) is 14.1. The maximum absolute atomic E-state index is 12.2. The average molecular weight is 417 g/mol. The van der Waals surface area contributed by atoms with Gasteiger partial charge in [0.2, 0.25) is 0 Å². The largest absolute Gasteiger partial charge is 0.393 e. The van der Waals surface area contributed by atoms with Crippen molar-refractivity contribution in [3.63, 3.8) is 0 Å². The Morgan fingerprint density at radius 3 is 2.57 bits per heavy atom. The van der Waals surface area contributed by atoms with Crippen molar-refractivity contribution in [3.05, 3.63) is 11.6 Å². The molecule has 0 radical (unpaired) electrons. The number of aliphatic hydroxyl groups is 2. The lowest BCUT2D eigenvalue weighted by atomic mass is 9.47. The van der Waals surface area contributed by atoms with Crippen molar-refractivity contribution >= 4 is 5.78 Å². The summed E-state index contributed by atoms with van der Waals surface area (Å²) in [6.45, 7) is 11.2. The van der Waals surface area contributed by atoms with Crippen LogP contribution in [0.15, 0.2) is 11.6 Å². The van der Waals surface area contributed by atoms with Crippen LogP contribution >= 0.6 is 0 Å². The average Bonchev–Trinajstić information content (AvgIpc) is 2.96. The molecule has 3 heteroatoms. The van der Waals surface area contributed by atoms with Crippen molar-refractivity contribution in [3.8, 4) is 0 Å². The first kappa shape index (κ1) is 22.5. The number of allylic oxidation sites excluding steroid dienone is 1. The van der Waals surface area contributed by atoms with Crippen molar-refractivity contribution in [2.45, 2.75) is 105 Å². The second-order valence-corrected chi connectivity index (χ2v) is 12.2. The molecule has 9 atom stereocenters. The topological polar surface area (TPSA) is 57.5 Å². The fraction of sp³-hybridized carbons (Fsp3) is 0.889. The van der Waals surface area contributed by atoms with Crippen LogP contribution in [0.4, 0.5) is 0 Å². The lowest BCUT2D eigenvalue weighted by molar-refractivity contribution is -0.122. The Labute approximate surface area is 183 Å². The van der Waals surface area contributed by atoms with Crippen LogP contribution in [0.25, 0.3) is 0 Å². The van der Waals surface area contributed by atoms with Gasteiger partial charge in [-0.1, -0.05) is 46.3 Å². The molecule has 30 heavy (non-hydrogen) atoms. The van der Waals surface area contributed by atoms with Crippen molar-refractivity contribution in [2.24, 2.45) is 46.3 Å². The maximum Gasteiger partial charge on any atom is 0.135 e. The molecule has 2 N–H and O–H groups in total. The van der Waals surface area contributed by atoms with Crippen molar-refractivity contribution < 1.29 is 15.0 Å². The van der Waals surface area contributed by atoms with Gasteiger partial charge in [-0.2, -0.15) is 0 Å². The van der Waals surface area contributed by atoms with Crippen LogP contribution in [-0.4, -0.2) is 28.2 Å². The van der Waals surface area contributed by atoms with E-state index in [-0.39, 0.29) is 29.0 Å². The standard InChI is InChI=1S/C27H44O3/c1-16(2)23(29)9-6-17(3)25-24(30)15-22-20-8-7-18-14-19(28)10-12-26(18,4)21(20)11-13-27(22,25)5/h7,16-17,19-22,24-25,28,30H,6,8-15H2,1-5H3/t17-,19+,20-,21+,22+,24?,25+,26+,27+/m1/s1. The molecule has 3 nitrogen and oxygen atoms in total. The molecule has 0 spiro atoms. The third-order valence-electron chi connectivity index (χ3n) is 10.3. The fourth-order valence-corrected chi connectivity index (χ4v) is 8.56. The first-order valence-electron chi connectivity index (χ1n) is 12.7. The monoisotopic (exact) mass is 416 g/mol. The summed E-state index contributed by atoms with van der Waals surface area (Å²) in [5, 5.41) is 21.4. The molecule has 0 aliphatic heterocycles. The highest BCUT2D eigenvalue weighted by atomic mass is 16.3. The van der Waals surface area contributed by atoms with Gasteiger partial charge in [0.05, 0.1) is 12.2 Å². The minimum Gasteiger partial charge on any atom is -0.393 e. The number of hydrogen-bond donors (Lipinski definition) is 2. The molecule has 0 aromatic heterocycles. The molecule has 0 saturated heterocycles. The number of rotatable bonds is 5. The number of fused-ring (bicyclic) bond motifs is 5. The van der Waals surface area contributed by atoms with E-state index in [0.717, 1.165) is 38.5 Å². The molecule has 4 aliphatic carbocycles. The summed E-state index contributed by atoms with van der Waals surface area (Å²) in [7, 11) is 0. The molecular formula is C27H44O3. The Kier molecular flexibility index (Phi) is 6.03. The number of carbonyl (C=O) groups is 1. The van der Waals surface area contributed by atoms with Gasteiger partial charge in [0.25, 0.3) is 0 Å². The van der Waals surface area contributed by atoms with Gasteiger partial charge in [0.1, 0.15) is 5.78 Å². The smallest absolute Gasteiger partial charge is 0.135 e. The number of Topliss-reactive ketones (excluding diaryl/α,β-unsaturated/α-hetero) is 1. The highest BCUT2D eigenvalue weighted by Crippen LogP contribution is 2.67. The summed E-state index contributed by atoms with van der Waals surface area (Å²) in [5.74, 6) is 3.13. The van der Waals surface area contributed by atoms with Gasteiger partial charge in [0.15, 0.2) is 0 Å². The normalized spacial score (nSPS) is 46.6. The van der Waals surface area contributed by atoms with Gasteiger partial charge < -0.3 is 10.2 Å². The Bertz CT molecular complexity index is 696. The van der Waals surface area contributed by atoms with Crippen LogP contribution < -0.4 is 0 Å². The molecular weight excluding hydrogens is 372 g/mol. The van der Waals surface area contributed by atoms with E-state index in [0.29, 0.717) is 41.8 Å². The Morgan fingerprint density at radius 2 is 1.87 bits per heavy atom. The third kappa shape index (κ3) is 3.52. The molecule has 0 aromatic rings. The lowest BCUT2D eigenvalue weighted by Crippen LogP contribution is -2.51. The molecule has 0 aromatic carbocycles. The van der Waals surface area contributed by atoms with Crippen LogP contribution in [0.1, 0.15) is 92.4 Å². The quantitative estimate of drug-likeness (QED) is 0.579. The predicted octanol–water partition coefficient (Wildman–Crippen LogP) is 5.54. The Balaban J connectivity index is 1.53. The lowest BCUT2D eigenvalue weighted by Gasteiger charge is -2.58. The second kappa shape index (κ2) is 8.03. The zero-order chi connectivity index (χ0) is 21.8. The van der Waals surface area contributed by atoms with Crippen LogP contribution in [0.5, 0.6) is 0 Å². The summed E-state index contributed by atoms with van der Waals surface area (Å²) in [6, 6.07) is 0. The summed E-state index contributed by atoms with van der Waals surface area (Å²) in [4.78, 5) is 12.2. The number of ketones is 1. The summed E-state index contributed by atoms with van der Waals surface area (Å²) < 4.78 is 0. The number of hydrogen-bond acceptors (Lipinski definition) is 3. The van der Waals surface area contributed by atoms with Gasteiger partial charge in [-0.05, 0) is 91.8 Å². The third-order valence-corrected chi connectivity index (χ3v) is 10.3. The zero-order valence-electron chi connectivity index (χ0n) is 19.9. The van der Waals surface area contributed by atoms with Gasteiger partial charge in [0, 0.05) is 12.3 Å². The van der Waals surface area contributed by atoms with Crippen molar-refractivity contribution in [2.75, 3.05) is 0 Å². The Hall–Kier alpha value is -0.670.